The van der Waals surface area contributed by atoms with E-state index in [0.29, 0.717) is 16.9 Å². The van der Waals surface area contributed by atoms with Crippen molar-refractivity contribution in [2.45, 2.75) is 50.8 Å². The number of rotatable bonds is 14. The van der Waals surface area contributed by atoms with Gasteiger partial charge in [-0.15, -0.1) is 15.6 Å². The standard InChI is InChI=1S/C28H33N7O10S2/c1-28(2)19(25(37)35(28)45-47(40,41)42)12-21(36)23(20-14-46-27(29)33-20)34-44-22(26(38)39)13-43-17-3-4-18-15(11-17)5-10-31-24(18)32-16-6-8-30-9-7-16/h3-5,10-11,14,16,19,22,30H,6-9,12-13H2,1-2H3,(H2,29,33)(H,31,32)(H,38,39)(H,40,41,42)/b34-23-/t19?,22-/m0/s1. The van der Waals surface area contributed by atoms with Gasteiger partial charge in [0.1, 0.15) is 23.9 Å². The van der Waals surface area contributed by atoms with Crippen molar-refractivity contribution in [3.63, 3.8) is 0 Å². The molecule has 252 valence electrons. The molecule has 0 radical (unpaired) electrons. The van der Waals surface area contributed by atoms with E-state index < -0.39 is 64.4 Å². The number of amides is 1. The number of carbonyl (C=O) groups excluding carboxylic acids is 2. The fourth-order valence-corrected chi connectivity index (χ4v) is 6.24. The lowest BCUT2D eigenvalue weighted by Gasteiger charge is -2.50. The van der Waals surface area contributed by atoms with Crippen LogP contribution < -0.4 is 21.1 Å². The molecule has 2 fully saturated rings. The Labute approximate surface area is 273 Å². The molecule has 4 heterocycles. The number of nitrogen functional groups attached to an aromatic ring is 1. The Morgan fingerprint density at radius 2 is 2.02 bits per heavy atom. The summed E-state index contributed by atoms with van der Waals surface area (Å²) in [5, 5.41) is 24.1. The number of ether oxygens (including phenoxy) is 1. The van der Waals surface area contributed by atoms with Gasteiger partial charge in [-0.1, -0.05) is 5.16 Å². The average Bonchev–Trinajstić information content (AvgIpc) is 3.45. The number of nitrogens with zero attached hydrogens (tertiary/aromatic N) is 4. The number of hydrogen-bond acceptors (Lipinski definition) is 15. The van der Waals surface area contributed by atoms with Crippen LogP contribution in [-0.4, -0.2) is 93.9 Å². The molecular formula is C28H33N7O10S2. The number of aromatic nitrogens is 2. The second-order valence-corrected chi connectivity index (χ2v) is 13.3. The van der Waals surface area contributed by atoms with Crippen LogP contribution in [-0.2, 0) is 33.9 Å². The van der Waals surface area contributed by atoms with Crippen LogP contribution in [0.4, 0.5) is 10.9 Å². The number of pyridine rings is 1. The first-order valence-corrected chi connectivity index (χ1v) is 16.7. The molecule has 19 heteroatoms. The van der Waals surface area contributed by atoms with E-state index in [4.69, 9.17) is 19.9 Å². The van der Waals surface area contributed by atoms with Crippen molar-refractivity contribution in [3.05, 3.63) is 41.5 Å². The highest BCUT2D eigenvalue weighted by atomic mass is 32.3. The molecule has 3 aromatic rings. The number of aliphatic carboxylic acids is 1. The molecule has 0 bridgehead atoms. The molecule has 0 saturated carbocycles. The number of hydroxylamine groups is 2. The zero-order chi connectivity index (χ0) is 33.9. The zero-order valence-corrected chi connectivity index (χ0v) is 26.9. The first-order valence-electron chi connectivity index (χ1n) is 14.4. The summed E-state index contributed by atoms with van der Waals surface area (Å²) < 4.78 is 41.3. The number of piperidine rings is 1. The van der Waals surface area contributed by atoms with Crippen LogP contribution in [0.2, 0.25) is 0 Å². The number of Topliss-reactive ketones (excluding diaryl/α,β-unsaturated/α-hetero) is 1. The summed E-state index contributed by atoms with van der Waals surface area (Å²) in [5.41, 5.74) is 3.99. The summed E-state index contributed by atoms with van der Waals surface area (Å²) in [7, 11) is -4.99. The Hall–Kier alpha value is -4.43. The molecule has 2 aliphatic rings. The van der Waals surface area contributed by atoms with Crippen molar-refractivity contribution >= 4 is 66.8 Å². The minimum atomic E-state index is -4.99. The fraction of sp³-hybridized carbons (Fsp3) is 0.429. The number of nitrogens with two attached hydrogens (primary N) is 1. The number of ketones is 1. The molecule has 1 amide bonds. The summed E-state index contributed by atoms with van der Waals surface area (Å²) >= 11 is 0.991. The number of anilines is 2. The van der Waals surface area contributed by atoms with Gasteiger partial charge in [-0.2, -0.15) is 13.5 Å². The van der Waals surface area contributed by atoms with Crippen LogP contribution in [0.1, 0.15) is 38.8 Å². The summed E-state index contributed by atoms with van der Waals surface area (Å²) in [6.45, 7) is 4.23. The first kappa shape index (κ1) is 33.9. The van der Waals surface area contributed by atoms with Gasteiger partial charge in [-0.3, -0.25) is 14.1 Å². The van der Waals surface area contributed by atoms with Gasteiger partial charge in [-0.25, -0.2) is 14.8 Å². The van der Waals surface area contributed by atoms with Crippen molar-refractivity contribution in [1.29, 1.82) is 0 Å². The summed E-state index contributed by atoms with van der Waals surface area (Å²) in [5.74, 6) is -3.04. The van der Waals surface area contributed by atoms with Gasteiger partial charge in [0.25, 0.3) is 12.0 Å². The highest BCUT2D eigenvalue weighted by Gasteiger charge is 2.57. The van der Waals surface area contributed by atoms with Crippen molar-refractivity contribution in [3.8, 4) is 5.75 Å². The van der Waals surface area contributed by atoms with Crippen LogP contribution in [0.25, 0.3) is 10.8 Å². The van der Waals surface area contributed by atoms with E-state index >= 15 is 0 Å². The van der Waals surface area contributed by atoms with Crippen LogP contribution in [0.15, 0.2) is 41.0 Å². The average molecular weight is 692 g/mol. The largest absolute Gasteiger partial charge is 0.489 e. The number of fused-ring (bicyclic) bond motifs is 1. The summed E-state index contributed by atoms with van der Waals surface area (Å²) in [4.78, 5) is 51.8. The number of nitrogens with one attached hydrogen (secondary N) is 2. The number of carboxylic acids is 1. The number of thiazole rings is 1. The van der Waals surface area contributed by atoms with Gasteiger partial charge < -0.3 is 31.0 Å². The molecule has 17 nitrogen and oxygen atoms in total. The highest BCUT2D eigenvalue weighted by Crippen LogP contribution is 2.40. The number of β-lactam (4-membered cyclic amide) rings is 1. The number of benzene rings is 1. The fourth-order valence-electron chi connectivity index (χ4n) is 5.24. The number of oxime groups is 1. The maximum Gasteiger partial charge on any atom is 0.418 e. The SMILES string of the molecule is CC1(C)C(CC(=O)/C(=N\O[C@@H](COc2ccc3c(NC4CCNCC4)nccc3c2)C(=O)O)c2csc(N)n2)C(=O)N1OS(=O)(=O)O. The van der Waals surface area contributed by atoms with E-state index in [2.05, 4.69) is 30.0 Å². The Kier molecular flexibility index (Phi) is 9.92. The van der Waals surface area contributed by atoms with Crippen LogP contribution in [0.3, 0.4) is 0 Å². The van der Waals surface area contributed by atoms with Crippen LogP contribution >= 0.6 is 11.3 Å². The van der Waals surface area contributed by atoms with E-state index in [9.17, 15) is 27.9 Å². The summed E-state index contributed by atoms with van der Waals surface area (Å²) in [6, 6.07) is 7.35. The quantitative estimate of drug-likeness (QED) is 0.0698. The molecule has 6 N–H and O–H groups in total. The minimum Gasteiger partial charge on any atom is -0.489 e. The molecule has 2 saturated heterocycles. The van der Waals surface area contributed by atoms with Crippen molar-refractivity contribution in [1.82, 2.24) is 20.3 Å². The third-order valence-electron chi connectivity index (χ3n) is 7.83. The van der Waals surface area contributed by atoms with E-state index in [1.54, 1.807) is 18.3 Å². The molecule has 0 spiro atoms. The lowest BCUT2D eigenvalue weighted by molar-refractivity contribution is -0.228. The Balaban J connectivity index is 1.28. The zero-order valence-electron chi connectivity index (χ0n) is 25.3. The topological polar surface area (TPSA) is 245 Å². The van der Waals surface area contributed by atoms with Gasteiger partial charge in [0.2, 0.25) is 0 Å². The van der Waals surface area contributed by atoms with E-state index in [0.717, 1.165) is 53.9 Å². The molecule has 1 unspecified atom stereocenters. The highest BCUT2D eigenvalue weighted by molar-refractivity contribution is 7.80. The van der Waals surface area contributed by atoms with E-state index in [1.165, 1.54) is 19.2 Å². The molecule has 2 aromatic heterocycles. The predicted molar refractivity (Wildman–Crippen MR) is 169 cm³/mol. The maximum absolute atomic E-state index is 13.4. The van der Waals surface area contributed by atoms with E-state index in [-0.39, 0.29) is 10.8 Å². The number of carbonyl (C=O) groups is 3. The number of hydrogen-bond donors (Lipinski definition) is 5. The third kappa shape index (κ3) is 7.93. The Morgan fingerprint density at radius 3 is 2.66 bits per heavy atom. The normalized spacial score (nSPS) is 19.2. The third-order valence-corrected chi connectivity index (χ3v) is 8.84. The minimum absolute atomic E-state index is 0.0183. The second-order valence-electron chi connectivity index (χ2n) is 11.4. The van der Waals surface area contributed by atoms with Crippen LogP contribution in [0.5, 0.6) is 5.75 Å². The van der Waals surface area contributed by atoms with Crippen molar-refractivity contribution < 1.29 is 46.3 Å². The molecule has 5 rings (SSSR count). The molecule has 1 aromatic carbocycles. The molecular weight excluding hydrogens is 658 g/mol. The molecule has 47 heavy (non-hydrogen) atoms. The number of carboxylic acid groups (broad SMARTS) is 1. The predicted octanol–water partition coefficient (Wildman–Crippen LogP) is 1.62. The monoisotopic (exact) mass is 691 g/mol. The first-order chi connectivity index (χ1) is 22.2. The molecule has 2 atom stereocenters. The smallest absolute Gasteiger partial charge is 0.418 e. The van der Waals surface area contributed by atoms with Gasteiger partial charge in [0, 0.05) is 29.4 Å². The lowest BCUT2D eigenvalue weighted by atomic mass is 9.74. The van der Waals surface area contributed by atoms with E-state index in [1.807, 2.05) is 12.1 Å². The van der Waals surface area contributed by atoms with Crippen molar-refractivity contribution in [2.75, 3.05) is 30.7 Å². The second kappa shape index (κ2) is 13.7. The lowest BCUT2D eigenvalue weighted by Crippen LogP contribution is -2.68. The van der Waals surface area contributed by atoms with Gasteiger partial charge in [-0.05, 0) is 69.4 Å². The van der Waals surface area contributed by atoms with Gasteiger partial charge in [0.15, 0.2) is 16.6 Å². The Morgan fingerprint density at radius 1 is 1.28 bits per heavy atom. The summed E-state index contributed by atoms with van der Waals surface area (Å²) in [6.07, 6.45) is 1.48. The van der Waals surface area contributed by atoms with Crippen LogP contribution in [0, 0.1) is 5.92 Å². The van der Waals surface area contributed by atoms with Crippen molar-refractivity contribution in [2.24, 2.45) is 11.1 Å². The van der Waals surface area contributed by atoms with Gasteiger partial charge >= 0.3 is 16.4 Å². The molecule has 0 aliphatic carbocycles. The maximum atomic E-state index is 13.4. The van der Waals surface area contributed by atoms with Gasteiger partial charge in [0.05, 0.1) is 11.5 Å². The Bertz CT molecular complexity index is 1810. The molecule has 2 aliphatic heterocycles.